The molecule has 0 aromatic heterocycles. The number of anilines is 1. The fourth-order valence-electron chi connectivity index (χ4n) is 1.96. The molecule has 6 nitrogen and oxygen atoms in total. The van der Waals surface area contributed by atoms with Gasteiger partial charge in [0.2, 0.25) is 0 Å². The lowest BCUT2D eigenvalue weighted by Crippen LogP contribution is -2.34. The molecule has 2 N–H and O–H groups in total. The van der Waals surface area contributed by atoms with Crippen molar-refractivity contribution in [2.45, 2.75) is 13.5 Å². The summed E-state index contributed by atoms with van der Waals surface area (Å²) < 4.78 is 4.87. The Labute approximate surface area is 150 Å². The van der Waals surface area contributed by atoms with Crippen LogP contribution < -0.4 is 10.6 Å². The van der Waals surface area contributed by atoms with Gasteiger partial charge in [0.15, 0.2) is 0 Å². The highest BCUT2D eigenvalue weighted by molar-refractivity contribution is 6.39. The van der Waals surface area contributed by atoms with E-state index in [2.05, 4.69) is 10.6 Å². The number of amides is 2. The van der Waals surface area contributed by atoms with Gasteiger partial charge in [-0.2, -0.15) is 0 Å². The number of carbonyl (C=O) groups excluding carboxylic acids is 3. The number of hydrogen-bond donors (Lipinski definition) is 2. The molecule has 0 aliphatic rings. The van der Waals surface area contributed by atoms with Gasteiger partial charge in [0.05, 0.1) is 12.2 Å². The smallest absolute Gasteiger partial charge is 0.338 e. The van der Waals surface area contributed by atoms with E-state index in [-0.39, 0.29) is 13.2 Å². The molecule has 2 aromatic carbocycles. The lowest BCUT2D eigenvalue weighted by atomic mass is 10.2. The van der Waals surface area contributed by atoms with Gasteiger partial charge in [-0.15, -0.1) is 0 Å². The van der Waals surface area contributed by atoms with Crippen LogP contribution in [0.25, 0.3) is 0 Å². The first-order valence-corrected chi connectivity index (χ1v) is 7.98. The van der Waals surface area contributed by atoms with E-state index in [1.807, 2.05) is 0 Å². The molecule has 0 saturated heterocycles. The van der Waals surface area contributed by atoms with Gasteiger partial charge in [0, 0.05) is 17.3 Å². The number of halogens is 1. The summed E-state index contributed by atoms with van der Waals surface area (Å²) in [5, 5.41) is 5.57. The molecular formula is C18H17ClN2O4. The van der Waals surface area contributed by atoms with Crippen molar-refractivity contribution in [2.75, 3.05) is 11.9 Å². The zero-order valence-corrected chi connectivity index (χ0v) is 14.3. The Hall–Kier alpha value is -2.86. The number of ether oxygens (including phenoxy) is 1. The second-order valence-corrected chi connectivity index (χ2v) is 5.50. The highest BCUT2D eigenvalue weighted by Crippen LogP contribution is 2.11. The van der Waals surface area contributed by atoms with Crippen molar-refractivity contribution >= 4 is 35.1 Å². The molecule has 0 unspecified atom stereocenters. The first kappa shape index (κ1) is 18.5. The standard InChI is InChI=1S/C18H17ClN2O4/c1-2-25-18(24)13-5-9-15(10-6-13)21-17(23)16(22)20-11-12-3-7-14(19)8-4-12/h3-10H,2,11H2,1H3,(H,20,22)(H,21,23). The molecule has 0 atom stereocenters. The second kappa shape index (κ2) is 8.84. The van der Waals surface area contributed by atoms with Crippen molar-refractivity contribution in [3.05, 3.63) is 64.7 Å². The van der Waals surface area contributed by atoms with Crippen LogP contribution in [0.4, 0.5) is 5.69 Å². The summed E-state index contributed by atoms with van der Waals surface area (Å²) >= 11 is 5.78. The summed E-state index contributed by atoms with van der Waals surface area (Å²) in [5.41, 5.74) is 1.59. The largest absolute Gasteiger partial charge is 0.462 e. The van der Waals surface area contributed by atoms with Crippen LogP contribution >= 0.6 is 11.6 Å². The topological polar surface area (TPSA) is 84.5 Å². The molecule has 2 aromatic rings. The van der Waals surface area contributed by atoms with Crippen LogP contribution in [-0.4, -0.2) is 24.4 Å². The molecule has 0 heterocycles. The van der Waals surface area contributed by atoms with E-state index >= 15 is 0 Å². The predicted octanol–water partition coefficient (Wildman–Crippen LogP) is 2.77. The van der Waals surface area contributed by atoms with Gasteiger partial charge in [0.1, 0.15) is 0 Å². The molecule has 0 bridgehead atoms. The van der Waals surface area contributed by atoms with Crippen molar-refractivity contribution in [1.82, 2.24) is 5.32 Å². The SMILES string of the molecule is CCOC(=O)c1ccc(NC(=O)C(=O)NCc2ccc(Cl)cc2)cc1. The van der Waals surface area contributed by atoms with Crippen molar-refractivity contribution in [2.24, 2.45) is 0 Å². The number of nitrogens with one attached hydrogen (secondary N) is 2. The number of benzene rings is 2. The van der Waals surface area contributed by atoms with Crippen LogP contribution in [0.1, 0.15) is 22.8 Å². The Morgan fingerprint density at radius 2 is 1.60 bits per heavy atom. The first-order chi connectivity index (χ1) is 12.0. The molecule has 2 amide bonds. The van der Waals surface area contributed by atoms with Crippen molar-refractivity contribution in [3.63, 3.8) is 0 Å². The average Bonchev–Trinajstić information content (AvgIpc) is 2.61. The monoisotopic (exact) mass is 360 g/mol. The highest BCUT2D eigenvalue weighted by atomic mass is 35.5. The Morgan fingerprint density at radius 1 is 0.960 bits per heavy atom. The van der Waals surface area contributed by atoms with Crippen LogP contribution in [0.5, 0.6) is 0 Å². The van der Waals surface area contributed by atoms with E-state index in [4.69, 9.17) is 16.3 Å². The summed E-state index contributed by atoms with van der Waals surface area (Å²) in [5.74, 6) is -2.00. The van der Waals surface area contributed by atoms with Crippen molar-refractivity contribution in [3.8, 4) is 0 Å². The second-order valence-electron chi connectivity index (χ2n) is 5.06. The Kier molecular flexibility index (Phi) is 6.54. The molecule has 0 radical (unpaired) electrons. The van der Waals surface area contributed by atoms with Gasteiger partial charge in [-0.3, -0.25) is 9.59 Å². The lowest BCUT2D eigenvalue weighted by Gasteiger charge is -2.07. The summed E-state index contributed by atoms with van der Waals surface area (Å²) in [4.78, 5) is 35.2. The molecule has 0 aliphatic heterocycles. The molecule has 7 heteroatoms. The van der Waals surface area contributed by atoms with Crippen LogP contribution in [0.3, 0.4) is 0 Å². The maximum Gasteiger partial charge on any atom is 0.338 e. The third-order valence-corrected chi connectivity index (χ3v) is 3.48. The molecule has 0 spiro atoms. The van der Waals surface area contributed by atoms with Gasteiger partial charge in [0.25, 0.3) is 0 Å². The number of rotatable bonds is 5. The minimum atomic E-state index is -0.794. The highest BCUT2D eigenvalue weighted by Gasteiger charge is 2.14. The maximum absolute atomic E-state index is 11.9. The van der Waals surface area contributed by atoms with Gasteiger partial charge >= 0.3 is 17.8 Å². The van der Waals surface area contributed by atoms with Crippen LogP contribution in [0.15, 0.2) is 48.5 Å². The van der Waals surface area contributed by atoms with E-state index in [0.717, 1.165) is 5.56 Å². The fraction of sp³-hybridized carbons (Fsp3) is 0.167. The minimum Gasteiger partial charge on any atom is -0.462 e. The van der Waals surface area contributed by atoms with Crippen LogP contribution in [0.2, 0.25) is 5.02 Å². The zero-order valence-electron chi connectivity index (χ0n) is 13.5. The molecule has 130 valence electrons. The first-order valence-electron chi connectivity index (χ1n) is 7.60. The van der Waals surface area contributed by atoms with Crippen LogP contribution in [-0.2, 0) is 20.9 Å². The van der Waals surface area contributed by atoms with Gasteiger partial charge < -0.3 is 15.4 Å². The maximum atomic E-state index is 11.9. The van der Waals surface area contributed by atoms with Gasteiger partial charge in [-0.25, -0.2) is 4.79 Å². The molecule has 0 aliphatic carbocycles. The minimum absolute atomic E-state index is 0.214. The van der Waals surface area contributed by atoms with Crippen molar-refractivity contribution < 1.29 is 19.1 Å². The summed E-state index contributed by atoms with van der Waals surface area (Å²) in [6.07, 6.45) is 0. The third kappa shape index (κ3) is 5.61. The molecule has 0 saturated carbocycles. The van der Waals surface area contributed by atoms with E-state index in [0.29, 0.717) is 16.3 Å². The molecule has 25 heavy (non-hydrogen) atoms. The van der Waals surface area contributed by atoms with E-state index in [1.54, 1.807) is 31.2 Å². The predicted molar refractivity (Wildman–Crippen MR) is 94.3 cm³/mol. The summed E-state index contributed by atoms with van der Waals surface area (Å²) in [6.45, 7) is 2.21. The van der Waals surface area contributed by atoms with E-state index in [1.165, 1.54) is 24.3 Å². The molecule has 0 fully saturated rings. The normalized spacial score (nSPS) is 10.0. The third-order valence-electron chi connectivity index (χ3n) is 3.23. The Bertz CT molecular complexity index is 758. The number of esters is 1. The van der Waals surface area contributed by atoms with Crippen molar-refractivity contribution in [1.29, 1.82) is 0 Å². The van der Waals surface area contributed by atoms with Crippen LogP contribution in [0, 0.1) is 0 Å². The average molecular weight is 361 g/mol. The van der Waals surface area contributed by atoms with E-state index < -0.39 is 17.8 Å². The zero-order chi connectivity index (χ0) is 18.2. The lowest BCUT2D eigenvalue weighted by molar-refractivity contribution is -0.136. The Morgan fingerprint density at radius 3 is 2.20 bits per heavy atom. The van der Waals surface area contributed by atoms with Gasteiger partial charge in [-0.1, -0.05) is 23.7 Å². The molecular weight excluding hydrogens is 344 g/mol. The van der Waals surface area contributed by atoms with Gasteiger partial charge in [-0.05, 0) is 48.9 Å². The van der Waals surface area contributed by atoms with E-state index in [9.17, 15) is 14.4 Å². The quantitative estimate of drug-likeness (QED) is 0.634. The number of carbonyl (C=O) groups is 3. The summed E-state index contributed by atoms with van der Waals surface area (Å²) in [6, 6.07) is 13.0. The molecule has 2 rings (SSSR count). The number of hydrogen-bond acceptors (Lipinski definition) is 4. The summed E-state index contributed by atoms with van der Waals surface area (Å²) in [7, 11) is 0. The Balaban J connectivity index is 1.87. The fourth-order valence-corrected chi connectivity index (χ4v) is 2.08.